The third-order valence-electron chi connectivity index (χ3n) is 3.83. The van der Waals surface area contributed by atoms with E-state index in [4.69, 9.17) is 0 Å². The summed E-state index contributed by atoms with van der Waals surface area (Å²) in [6, 6.07) is 7.07. The molecule has 108 valence electrons. The highest BCUT2D eigenvalue weighted by atomic mass is 32.1. The normalized spacial score (nSPS) is 17.8. The van der Waals surface area contributed by atoms with Gasteiger partial charge in [0, 0.05) is 34.3 Å². The standard InChI is InChI=1S/C15H16N4S2/c1-2-14(20-5-1)11-6-13(21-9-11)7-16-12-3-4-15-17-10-18-19(15)8-12/h1-2,5-6,9-10,12,16H,3-4,7-8H2/t12-/m1/s1. The Morgan fingerprint density at radius 3 is 3.29 bits per heavy atom. The lowest BCUT2D eigenvalue weighted by Gasteiger charge is -2.23. The molecule has 0 bridgehead atoms. The van der Waals surface area contributed by atoms with Crippen molar-refractivity contribution in [2.75, 3.05) is 0 Å². The Bertz CT molecular complexity index is 714. The van der Waals surface area contributed by atoms with Crippen LogP contribution in [0.4, 0.5) is 0 Å². The molecule has 0 spiro atoms. The molecule has 1 N–H and O–H groups in total. The van der Waals surface area contributed by atoms with Crippen molar-refractivity contribution in [1.82, 2.24) is 20.1 Å². The minimum atomic E-state index is 0.492. The summed E-state index contributed by atoms with van der Waals surface area (Å²) in [7, 11) is 0. The van der Waals surface area contributed by atoms with E-state index in [9.17, 15) is 0 Å². The van der Waals surface area contributed by atoms with Gasteiger partial charge in [0.25, 0.3) is 0 Å². The van der Waals surface area contributed by atoms with Crippen molar-refractivity contribution in [3.05, 3.63) is 46.0 Å². The average Bonchev–Trinajstić information content (AvgIpc) is 3.24. The highest BCUT2D eigenvalue weighted by Gasteiger charge is 2.19. The largest absolute Gasteiger partial charge is 0.307 e. The molecule has 3 aromatic heterocycles. The highest BCUT2D eigenvalue weighted by molar-refractivity contribution is 7.14. The molecule has 4 heterocycles. The number of nitrogens with zero attached hydrogens (tertiary/aromatic N) is 3. The zero-order valence-electron chi connectivity index (χ0n) is 11.5. The number of nitrogens with one attached hydrogen (secondary N) is 1. The van der Waals surface area contributed by atoms with Crippen LogP contribution in [0.15, 0.2) is 35.3 Å². The van der Waals surface area contributed by atoms with Gasteiger partial charge in [0.05, 0.1) is 6.54 Å². The molecule has 1 atom stereocenters. The first-order chi connectivity index (χ1) is 10.4. The minimum Gasteiger partial charge on any atom is -0.307 e. The summed E-state index contributed by atoms with van der Waals surface area (Å²) in [5.74, 6) is 1.11. The molecule has 6 heteroatoms. The van der Waals surface area contributed by atoms with Crippen molar-refractivity contribution in [1.29, 1.82) is 0 Å². The van der Waals surface area contributed by atoms with Gasteiger partial charge in [-0.05, 0) is 29.3 Å². The molecule has 21 heavy (non-hydrogen) atoms. The summed E-state index contributed by atoms with van der Waals surface area (Å²) in [6.45, 7) is 1.86. The first kappa shape index (κ1) is 13.2. The van der Waals surface area contributed by atoms with Crippen molar-refractivity contribution >= 4 is 22.7 Å². The molecule has 0 aliphatic carbocycles. The van der Waals surface area contributed by atoms with E-state index in [1.165, 1.54) is 15.3 Å². The van der Waals surface area contributed by atoms with E-state index in [1.807, 2.05) is 16.0 Å². The maximum absolute atomic E-state index is 4.27. The molecular weight excluding hydrogens is 300 g/mol. The van der Waals surface area contributed by atoms with E-state index in [2.05, 4.69) is 44.4 Å². The Morgan fingerprint density at radius 1 is 1.38 bits per heavy atom. The number of aromatic nitrogens is 3. The van der Waals surface area contributed by atoms with Gasteiger partial charge in [-0.25, -0.2) is 9.67 Å². The van der Waals surface area contributed by atoms with Crippen LogP contribution in [0.2, 0.25) is 0 Å². The fourth-order valence-electron chi connectivity index (χ4n) is 2.69. The van der Waals surface area contributed by atoms with Crippen LogP contribution in [0.5, 0.6) is 0 Å². The van der Waals surface area contributed by atoms with E-state index >= 15 is 0 Å². The molecule has 0 fully saturated rings. The summed E-state index contributed by atoms with van der Waals surface area (Å²) < 4.78 is 2.02. The predicted molar refractivity (Wildman–Crippen MR) is 86.6 cm³/mol. The number of hydrogen-bond acceptors (Lipinski definition) is 5. The number of rotatable bonds is 4. The van der Waals surface area contributed by atoms with Crippen molar-refractivity contribution in [3.63, 3.8) is 0 Å². The van der Waals surface area contributed by atoms with Gasteiger partial charge in [0.15, 0.2) is 0 Å². The van der Waals surface area contributed by atoms with Crippen LogP contribution in [-0.4, -0.2) is 20.8 Å². The van der Waals surface area contributed by atoms with Gasteiger partial charge in [-0.15, -0.1) is 22.7 Å². The number of fused-ring (bicyclic) bond motifs is 1. The Hall–Kier alpha value is -1.50. The summed E-state index contributed by atoms with van der Waals surface area (Å²) >= 11 is 3.63. The molecule has 0 amide bonds. The first-order valence-electron chi connectivity index (χ1n) is 7.10. The van der Waals surface area contributed by atoms with Crippen LogP contribution in [0.25, 0.3) is 10.4 Å². The Morgan fingerprint density at radius 2 is 2.38 bits per heavy atom. The zero-order valence-corrected chi connectivity index (χ0v) is 13.2. The van der Waals surface area contributed by atoms with Crippen LogP contribution in [-0.2, 0) is 19.5 Å². The van der Waals surface area contributed by atoms with Crippen LogP contribution < -0.4 is 5.32 Å². The van der Waals surface area contributed by atoms with Gasteiger partial charge >= 0.3 is 0 Å². The lowest BCUT2D eigenvalue weighted by molar-refractivity contribution is 0.359. The van der Waals surface area contributed by atoms with Gasteiger partial charge in [-0.3, -0.25) is 0 Å². The summed E-state index contributed by atoms with van der Waals surface area (Å²) in [5.41, 5.74) is 1.34. The van der Waals surface area contributed by atoms with Crippen LogP contribution >= 0.6 is 22.7 Å². The molecular formula is C15H16N4S2. The van der Waals surface area contributed by atoms with E-state index in [0.717, 1.165) is 31.8 Å². The molecule has 0 saturated carbocycles. The molecule has 1 aliphatic rings. The van der Waals surface area contributed by atoms with Crippen molar-refractivity contribution in [2.45, 2.75) is 32.0 Å². The minimum absolute atomic E-state index is 0.492. The van der Waals surface area contributed by atoms with Crippen molar-refractivity contribution < 1.29 is 0 Å². The van der Waals surface area contributed by atoms with E-state index in [0.29, 0.717) is 6.04 Å². The second-order valence-electron chi connectivity index (χ2n) is 5.25. The fraction of sp³-hybridized carbons (Fsp3) is 0.333. The molecule has 4 nitrogen and oxygen atoms in total. The average molecular weight is 316 g/mol. The Labute approximate surface area is 131 Å². The maximum Gasteiger partial charge on any atom is 0.138 e. The van der Waals surface area contributed by atoms with E-state index in [-0.39, 0.29) is 0 Å². The highest BCUT2D eigenvalue weighted by Crippen LogP contribution is 2.29. The Kier molecular flexibility index (Phi) is 3.58. The van der Waals surface area contributed by atoms with Gasteiger partial charge < -0.3 is 5.32 Å². The third kappa shape index (κ3) is 2.79. The van der Waals surface area contributed by atoms with Gasteiger partial charge in [0.2, 0.25) is 0 Å². The number of thiophene rings is 2. The smallest absolute Gasteiger partial charge is 0.138 e. The quantitative estimate of drug-likeness (QED) is 0.804. The van der Waals surface area contributed by atoms with Crippen LogP contribution in [0.3, 0.4) is 0 Å². The predicted octanol–water partition coefficient (Wildman–Crippen LogP) is 3.17. The van der Waals surface area contributed by atoms with Crippen molar-refractivity contribution in [2.24, 2.45) is 0 Å². The van der Waals surface area contributed by atoms with Gasteiger partial charge in [-0.1, -0.05) is 6.07 Å². The second kappa shape index (κ2) is 5.71. The topological polar surface area (TPSA) is 42.7 Å². The number of aryl methyl sites for hydroxylation is 1. The molecule has 0 aromatic carbocycles. The fourth-order valence-corrected chi connectivity index (χ4v) is 4.32. The molecule has 4 rings (SSSR count). The monoisotopic (exact) mass is 316 g/mol. The van der Waals surface area contributed by atoms with Gasteiger partial charge in [-0.2, -0.15) is 5.10 Å². The summed E-state index contributed by atoms with van der Waals surface area (Å²) in [6.07, 6.45) is 3.81. The van der Waals surface area contributed by atoms with E-state index in [1.54, 1.807) is 17.7 Å². The van der Waals surface area contributed by atoms with E-state index < -0.39 is 0 Å². The SMILES string of the molecule is c1csc(-c2csc(CN[C@@H]3CCc4ncnn4C3)c2)c1. The summed E-state index contributed by atoms with van der Waals surface area (Å²) in [5, 5.41) is 12.3. The van der Waals surface area contributed by atoms with Crippen LogP contribution in [0.1, 0.15) is 17.1 Å². The molecule has 0 saturated heterocycles. The first-order valence-corrected chi connectivity index (χ1v) is 8.86. The molecule has 0 radical (unpaired) electrons. The van der Waals surface area contributed by atoms with Crippen LogP contribution in [0, 0.1) is 0 Å². The maximum atomic E-state index is 4.27. The third-order valence-corrected chi connectivity index (χ3v) is 5.69. The summed E-state index contributed by atoms with van der Waals surface area (Å²) in [4.78, 5) is 7.01. The second-order valence-corrected chi connectivity index (χ2v) is 7.20. The molecule has 3 aromatic rings. The molecule has 1 aliphatic heterocycles. The van der Waals surface area contributed by atoms with Gasteiger partial charge in [0.1, 0.15) is 12.2 Å². The lowest BCUT2D eigenvalue weighted by Crippen LogP contribution is -2.37. The lowest BCUT2D eigenvalue weighted by atomic mass is 10.1. The number of hydrogen-bond donors (Lipinski definition) is 1. The molecule has 0 unspecified atom stereocenters. The Balaban J connectivity index is 1.37. The van der Waals surface area contributed by atoms with Crippen molar-refractivity contribution in [3.8, 4) is 10.4 Å². The zero-order chi connectivity index (χ0) is 14.1.